The molecule has 28 nitrogen and oxygen atoms in total. The third kappa shape index (κ3) is 41.6. The summed E-state index contributed by atoms with van der Waals surface area (Å²) >= 11 is 0. The molecule has 17 atom stereocenters. The van der Waals surface area contributed by atoms with Gasteiger partial charge in [-0.3, -0.25) is 33.0 Å². The molecule has 3 rings (SSSR count). The molecule has 596 valence electrons. The van der Waals surface area contributed by atoms with Gasteiger partial charge in [0, 0.05) is 52.2 Å². The number of nitrogens with one attached hydrogen (secondary N) is 2. The van der Waals surface area contributed by atoms with E-state index < -0.39 is 150 Å². The summed E-state index contributed by atoms with van der Waals surface area (Å²) in [5.41, 5.74) is 0. The predicted molar refractivity (Wildman–Crippen MR) is 380 cm³/mol. The molecule has 102 heavy (non-hydrogen) atoms. The summed E-state index contributed by atoms with van der Waals surface area (Å²) in [5.74, 6) is -1.49. The van der Waals surface area contributed by atoms with E-state index in [0.29, 0.717) is 51.4 Å². The van der Waals surface area contributed by atoms with Crippen molar-refractivity contribution in [2.75, 3.05) is 52.8 Å². The van der Waals surface area contributed by atoms with Gasteiger partial charge in [-0.05, 0) is 89.9 Å². The number of hydrogen-bond acceptors (Lipinski definition) is 25. The molecule has 0 aromatic rings. The van der Waals surface area contributed by atoms with E-state index in [2.05, 4.69) is 48.8 Å². The maximum Gasteiger partial charge on any atom is 0.472 e. The summed E-state index contributed by atoms with van der Waals surface area (Å²) in [4.78, 5) is 70.7. The van der Waals surface area contributed by atoms with Gasteiger partial charge in [0.05, 0.1) is 33.0 Å². The van der Waals surface area contributed by atoms with Crippen LogP contribution in [0.25, 0.3) is 0 Å². The second kappa shape index (κ2) is 58.6. The Labute approximate surface area is 606 Å². The van der Waals surface area contributed by atoms with E-state index in [4.69, 9.17) is 46.9 Å². The number of carbonyl (C=O) groups is 5. The number of phosphoric acid groups is 1. The van der Waals surface area contributed by atoms with Gasteiger partial charge in [0.1, 0.15) is 85.6 Å². The number of aliphatic hydroxyl groups excluding tert-OH is 9. The molecule has 0 aromatic carbocycles. The largest absolute Gasteiger partial charge is 0.472 e. The fraction of sp³-hybridized carbons (Fsp3) is 0.877. The minimum absolute atomic E-state index is 0.0507. The molecule has 3 saturated heterocycles. The molecule has 29 heteroatoms. The quantitative estimate of drug-likeness (QED) is 0.0120. The number of unbranched alkanes of at least 4 members (excludes halogenated alkanes) is 23. The maximum absolute atomic E-state index is 12.7. The standard InChI is InChI=1S/C45H84NO9P.C28H49NO17/c1-4-7-9-11-13-15-17-19-21-23-25-27-29-31-33-36-44(48)52-40-42(41-54-56(50,51)53-39-38-46-43(47)35-6-3)55-45(49)37-34-32-30-28-26-24-22-20-18-16-14-12-10-8-5-2;1-3-6-13(34)7-4-5-8-41-26-17(29-12(2)33)20(37)24(16(11-32)44-26)45-28-23(40)25(19(36)15(10-31)43-28)46-27-22(39)21(38)18(35)14(9-30)42-27/h19-22,42H,4-18,23-41H2,1-3H3,(H,46,47)(H,50,51);14-28,30-32,35-40H,3-11H2,1-2H3,(H,29,33)/b21-19-,22-20-;/t42-;14?,15?,16?,17?,18-,19-,20+,21-,22?,23?,24+,25-,26+,27+,28-/m10/s1. The van der Waals surface area contributed by atoms with Crippen molar-refractivity contribution in [1.29, 1.82) is 0 Å². The fourth-order valence-electron chi connectivity index (χ4n) is 11.8. The molecule has 2 amide bonds. The van der Waals surface area contributed by atoms with Gasteiger partial charge in [0.2, 0.25) is 11.8 Å². The van der Waals surface area contributed by atoms with Gasteiger partial charge in [-0.1, -0.05) is 155 Å². The Morgan fingerprint density at radius 2 is 0.931 bits per heavy atom. The van der Waals surface area contributed by atoms with Crippen molar-refractivity contribution in [2.45, 2.75) is 358 Å². The molecular weight excluding hydrogens is 1350 g/mol. The first-order valence-corrected chi connectivity index (χ1v) is 39.7. The first-order valence-electron chi connectivity index (χ1n) is 38.2. The zero-order chi connectivity index (χ0) is 75.3. The number of ether oxygens (including phenoxy) is 8. The monoisotopic (exact) mass is 1480 g/mol. The van der Waals surface area contributed by atoms with Crippen LogP contribution in [0.1, 0.15) is 259 Å². The van der Waals surface area contributed by atoms with Gasteiger partial charge in [-0.15, -0.1) is 0 Å². The molecule has 3 aliphatic heterocycles. The van der Waals surface area contributed by atoms with Crippen molar-refractivity contribution >= 4 is 37.4 Å². The summed E-state index contributed by atoms with van der Waals surface area (Å²) in [7, 11) is -4.50. The molecule has 7 unspecified atom stereocenters. The van der Waals surface area contributed by atoms with Gasteiger partial charge in [-0.2, -0.15) is 0 Å². The summed E-state index contributed by atoms with van der Waals surface area (Å²) < 4.78 is 67.2. The maximum atomic E-state index is 12.7. The molecule has 0 aliphatic carbocycles. The normalized spacial score (nSPS) is 26.1. The van der Waals surface area contributed by atoms with E-state index in [1.54, 1.807) is 0 Å². The third-order valence-corrected chi connectivity index (χ3v) is 18.7. The second-order valence-corrected chi connectivity index (χ2v) is 28.3. The van der Waals surface area contributed by atoms with E-state index in [-0.39, 0.29) is 50.9 Å². The van der Waals surface area contributed by atoms with Crippen molar-refractivity contribution in [1.82, 2.24) is 10.6 Å². The van der Waals surface area contributed by atoms with Crippen LogP contribution in [0.2, 0.25) is 0 Å². The summed E-state index contributed by atoms with van der Waals surface area (Å²) in [6, 6.07) is -1.23. The van der Waals surface area contributed by atoms with Crippen molar-refractivity contribution in [3.8, 4) is 0 Å². The summed E-state index contributed by atoms with van der Waals surface area (Å²) in [6.07, 6.45) is 19.7. The minimum Gasteiger partial charge on any atom is -0.462 e. The van der Waals surface area contributed by atoms with E-state index in [9.17, 15) is 79.4 Å². The molecular formula is C73H133N2O26P. The number of rotatable bonds is 58. The Morgan fingerprint density at radius 3 is 1.45 bits per heavy atom. The Morgan fingerprint density at radius 1 is 0.461 bits per heavy atom. The van der Waals surface area contributed by atoms with Crippen molar-refractivity contribution < 1.29 is 126 Å². The van der Waals surface area contributed by atoms with Crippen LogP contribution in [0.4, 0.5) is 0 Å². The van der Waals surface area contributed by atoms with E-state index in [1.165, 1.54) is 96.8 Å². The number of esters is 2. The van der Waals surface area contributed by atoms with Gasteiger partial charge in [0.15, 0.2) is 25.0 Å². The Hall–Kier alpha value is -3.46. The van der Waals surface area contributed by atoms with E-state index >= 15 is 0 Å². The van der Waals surface area contributed by atoms with Crippen LogP contribution in [0, 0.1) is 0 Å². The van der Waals surface area contributed by atoms with Gasteiger partial charge < -0.3 is 99.4 Å². The smallest absolute Gasteiger partial charge is 0.462 e. The number of aliphatic hydroxyl groups is 9. The second-order valence-electron chi connectivity index (χ2n) is 26.8. The number of phosphoric ester groups is 1. The molecule has 3 fully saturated rings. The number of carbonyl (C=O) groups excluding carboxylic acids is 5. The average Bonchev–Trinajstić information content (AvgIpc) is 0.779. The Bertz CT molecular complexity index is 2290. The number of Topliss-reactive ketones (excluding diaryl/α,β-unsaturated/α-hetero) is 1. The lowest BCUT2D eigenvalue weighted by Crippen LogP contribution is -2.68. The molecule has 0 saturated carbocycles. The third-order valence-electron chi connectivity index (χ3n) is 17.7. The van der Waals surface area contributed by atoms with E-state index in [0.717, 1.165) is 70.6 Å². The first-order chi connectivity index (χ1) is 49.1. The lowest BCUT2D eigenvalue weighted by molar-refractivity contribution is -0.376. The lowest BCUT2D eigenvalue weighted by atomic mass is 9.95. The minimum atomic E-state index is -4.50. The number of allylic oxidation sites excluding steroid dienone is 4. The molecule has 3 heterocycles. The number of amides is 2. The van der Waals surface area contributed by atoms with Gasteiger partial charge in [-0.25, -0.2) is 4.57 Å². The fourth-order valence-corrected chi connectivity index (χ4v) is 12.5. The number of hydrogen-bond donors (Lipinski definition) is 12. The van der Waals surface area contributed by atoms with Crippen molar-refractivity contribution in [2.24, 2.45) is 0 Å². The highest BCUT2D eigenvalue weighted by atomic mass is 31.2. The van der Waals surface area contributed by atoms with Crippen LogP contribution in [0.3, 0.4) is 0 Å². The molecule has 0 spiro atoms. The van der Waals surface area contributed by atoms with Gasteiger partial charge >= 0.3 is 19.8 Å². The highest BCUT2D eigenvalue weighted by molar-refractivity contribution is 7.47. The molecule has 3 aliphatic rings. The summed E-state index contributed by atoms with van der Waals surface area (Å²) in [6.45, 7) is 6.33. The van der Waals surface area contributed by atoms with Crippen LogP contribution in [-0.2, 0) is 75.5 Å². The Kier molecular flexibility index (Phi) is 54.4. The lowest BCUT2D eigenvalue weighted by Gasteiger charge is -2.48. The molecule has 0 aromatic heterocycles. The van der Waals surface area contributed by atoms with Crippen LogP contribution in [0.5, 0.6) is 0 Å². The number of ketones is 1. The highest BCUT2D eigenvalue weighted by Gasteiger charge is 2.54. The average molecular weight is 1490 g/mol. The van der Waals surface area contributed by atoms with Gasteiger partial charge in [0.25, 0.3) is 0 Å². The van der Waals surface area contributed by atoms with Crippen LogP contribution in [0.15, 0.2) is 24.3 Å². The SMILES string of the molecule is CCCC(=O)CCCCO[C@@H]1OC(CO)[C@@H](O[C@@H]2OC(CO)[C@H](O)[C@H](O[C@H]3OC(CO)[C@H](O)[C@H](O)C3O)C2O)[C@H](O)C1NC(C)=O.CCCCCCCC/C=C\CCCCCCCC(=O)OC[C@H](COP(=O)(O)OCCNC(=O)CCC)OC(=O)CCCCCCC/C=C\CCCCCCCC. The predicted octanol–water partition coefficient (Wildman–Crippen LogP) is 7.70. The molecule has 12 N–H and O–H groups in total. The molecule has 0 bridgehead atoms. The summed E-state index contributed by atoms with van der Waals surface area (Å²) in [5, 5.41) is 98.3. The van der Waals surface area contributed by atoms with Crippen molar-refractivity contribution in [3.05, 3.63) is 24.3 Å². The molecule has 0 radical (unpaired) electrons. The topological polar surface area (TPSA) is 421 Å². The Balaban J connectivity index is 0.000000705. The van der Waals surface area contributed by atoms with Crippen LogP contribution >= 0.6 is 7.82 Å². The zero-order valence-electron chi connectivity index (χ0n) is 61.9. The zero-order valence-corrected chi connectivity index (χ0v) is 62.8. The first kappa shape index (κ1) is 94.6. The highest BCUT2D eigenvalue weighted by Crippen LogP contribution is 2.43. The van der Waals surface area contributed by atoms with E-state index in [1.807, 2.05) is 13.8 Å². The van der Waals surface area contributed by atoms with Crippen LogP contribution < -0.4 is 10.6 Å². The van der Waals surface area contributed by atoms with Crippen molar-refractivity contribution in [3.63, 3.8) is 0 Å². The van der Waals surface area contributed by atoms with Crippen LogP contribution in [-0.4, -0.2) is 231 Å².